The Morgan fingerprint density at radius 1 is 1.50 bits per heavy atom. The molecule has 76 valence electrons. The lowest BCUT2D eigenvalue weighted by Crippen LogP contribution is -2.02. The van der Waals surface area contributed by atoms with Crippen LogP contribution in [0.1, 0.15) is 23.5 Å². The van der Waals surface area contributed by atoms with Gasteiger partial charge in [-0.25, -0.2) is 0 Å². The van der Waals surface area contributed by atoms with Crippen molar-refractivity contribution in [2.45, 2.75) is 18.9 Å². The summed E-state index contributed by atoms with van der Waals surface area (Å²) in [5.74, 6) is 1.42. The smallest absolute Gasteiger partial charge is 0.0713 e. The van der Waals surface area contributed by atoms with Crippen molar-refractivity contribution in [3.05, 3.63) is 35.4 Å². The topological polar surface area (TPSA) is 35.2 Å². The largest absolute Gasteiger partial charge is 0.380 e. The van der Waals surface area contributed by atoms with Gasteiger partial charge >= 0.3 is 0 Å². The molecule has 0 spiro atoms. The van der Waals surface area contributed by atoms with E-state index < -0.39 is 0 Å². The van der Waals surface area contributed by atoms with Gasteiger partial charge in [-0.3, -0.25) is 0 Å². The van der Waals surface area contributed by atoms with E-state index in [-0.39, 0.29) is 0 Å². The second kappa shape index (κ2) is 4.11. The van der Waals surface area contributed by atoms with Crippen molar-refractivity contribution >= 4 is 0 Å². The minimum Gasteiger partial charge on any atom is -0.380 e. The Hall–Kier alpha value is -0.860. The van der Waals surface area contributed by atoms with Crippen LogP contribution in [0, 0.1) is 5.92 Å². The summed E-state index contributed by atoms with van der Waals surface area (Å²) in [5.41, 5.74) is 8.32. The number of benzene rings is 1. The molecule has 2 nitrogen and oxygen atoms in total. The zero-order valence-electron chi connectivity index (χ0n) is 8.57. The molecule has 1 saturated carbocycles. The SMILES string of the molecule is COCc1cccc(C2CC2CN)c1. The Kier molecular flexibility index (Phi) is 2.85. The maximum atomic E-state index is 5.63. The Bertz CT molecular complexity index is 311. The van der Waals surface area contributed by atoms with Crippen LogP contribution in [0.4, 0.5) is 0 Å². The number of methoxy groups -OCH3 is 1. The molecule has 0 saturated heterocycles. The number of nitrogens with two attached hydrogens (primary N) is 1. The van der Waals surface area contributed by atoms with Crippen molar-refractivity contribution in [3.8, 4) is 0 Å². The third kappa shape index (κ3) is 1.97. The van der Waals surface area contributed by atoms with Gasteiger partial charge in [-0.15, -0.1) is 0 Å². The Morgan fingerprint density at radius 2 is 2.36 bits per heavy atom. The summed E-state index contributed by atoms with van der Waals surface area (Å²) in [7, 11) is 1.73. The first-order chi connectivity index (χ1) is 6.85. The zero-order valence-corrected chi connectivity index (χ0v) is 8.57. The first-order valence-electron chi connectivity index (χ1n) is 5.13. The molecule has 0 aromatic heterocycles. The summed E-state index contributed by atoms with van der Waals surface area (Å²) in [6.45, 7) is 1.52. The Balaban J connectivity index is 2.07. The predicted octanol–water partition coefficient (Wildman–Crippen LogP) is 1.90. The molecule has 2 N–H and O–H groups in total. The minimum atomic E-state index is 0.702. The fourth-order valence-electron chi connectivity index (χ4n) is 2.00. The van der Waals surface area contributed by atoms with Crippen LogP contribution in [-0.4, -0.2) is 13.7 Å². The highest BCUT2D eigenvalue weighted by atomic mass is 16.5. The van der Waals surface area contributed by atoms with E-state index in [2.05, 4.69) is 24.3 Å². The average molecular weight is 191 g/mol. The number of hydrogen-bond donors (Lipinski definition) is 1. The lowest BCUT2D eigenvalue weighted by molar-refractivity contribution is 0.185. The van der Waals surface area contributed by atoms with Gasteiger partial charge in [-0.1, -0.05) is 24.3 Å². The fraction of sp³-hybridized carbons (Fsp3) is 0.500. The van der Waals surface area contributed by atoms with E-state index in [1.807, 2.05) is 0 Å². The molecule has 14 heavy (non-hydrogen) atoms. The molecule has 0 radical (unpaired) electrons. The summed E-state index contributed by atoms with van der Waals surface area (Å²) >= 11 is 0. The molecule has 0 heterocycles. The van der Waals surface area contributed by atoms with Crippen molar-refractivity contribution in [1.29, 1.82) is 0 Å². The van der Waals surface area contributed by atoms with Gasteiger partial charge in [0, 0.05) is 7.11 Å². The maximum absolute atomic E-state index is 5.63. The third-order valence-electron chi connectivity index (χ3n) is 2.92. The van der Waals surface area contributed by atoms with Gasteiger partial charge in [0.1, 0.15) is 0 Å². The molecule has 1 fully saturated rings. The van der Waals surface area contributed by atoms with Gasteiger partial charge in [0.15, 0.2) is 0 Å². The molecule has 0 bridgehead atoms. The van der Waals surface area contributed by atoms with Gasteiger partial charge in [0.2, 0.25) is 0 Å². The standard InChI is InChI=1S/C12H17NO/c1-14-8-9-3-2-4-10(5-9)12-6-11(12)7-13/h2-5,11-12H,6-8,13H2,1H3. The second-order valence-electron chi connectivity index (χ2n) is 4.02. The van der Waals surface area contributed by atoms with Gasteiger partial charge in [0.25, 0.3) is 0 Å². The van der Waals surface area contributed by atoms with Crippen molar-refractivity contribution < 1.29 is 4.74 Å². The Morgan fingerprint density at radius 3 is 3.00 bits per heavy atom. The van der Waals surface area contributed by atoms with Crippen molar-refractivity contribution in [3.63, 3.8) is 0 Å². The van der Waals surface area contributed by atoms with E-state index >= 15 is 0 Å². The molecule has 1 aromatic rings. The highest BCUT2D eigenvalue weighted by molar-refractivity contribution is 5.30. The molecule has 2 unspecified atom stereocenters. The van der Waals surface area contributed by atoms with Gasteiger partial charge in [-0.2, -0.15) is 0 Å². The van der Waals surface area contributed by atoms with Crippen LogP contribution in [0.2, 0.25) is 0 Å². The summed E-state index contributed by atoms with van der Waals surface area (Å²) in [4.78, 5) is 0. The Labute approximate surface area is 85.1 Å². The molecule has 1 aromatic carbocycles. The van der Waals surface area contributed by atoms with E-state index in [1.165, 1.54) is 17.5 Å². The predicted molar refractivity (Wildman–Crippen MR) is 57.1 cm³/mol. The summed E-state index contributed by atoms with van der Waals surface area (Å²) < 4.78 is 5.11. The molecule has 1 aliphatic carbocycles. The maximum Gasteiger partial charge on any atom is 0.0713 e. The van der Waals surface area contributed by atoms with E-state index in [0.717, 1.165) is 6.54 Å². The number of ether oxygens (including phenoxy) is 1. The molecule has 0 amide bonds. The van der Waals surface area contributed by atoms with Crippen LogP contribution >= 0.6 is 0 Å². The van der Waals surface area contributed by atoms with Crippen molar-refractivity contribution in [1.82, 2.24) is 0 Å². The minimum absolute atomic E-state index is 0.702. The van der Waals surface area contributed by atoms with Gasteiger partial charge < -0.3 is 10.5 Å². The normalized spacial score (nSPS) is 25.0. The molecule has 2 atom stereocenters. The van der Waals surface area contributed by atoms with E-state index in [4.69, 9.17) is 10.5 Å². The number of hydrogen-bond acceptors (Lipinski definition) is 2. The van der Waals surface area contributed by atoms with Crippen LogP contribution < -0.4 is 5.73 Å². The van der Waals surface area contributed by atoms with Gasteiger partial charge in [-0.05, 0) is 35.9 Å². The van der Waals surface area contributed by atoms with Crippen molar-refractivity contribution in [2.75, 3.05) is 13.7 Å². The van der Waals surface area contributed by atoms with E-state index in [0.29, 0.717) is 18.4 Å². The molecule has 2 heteroatoms. The van der Waals surface area contributed by atoms with Crippen LogP contribution in [0.25, 0.3) is 0 Å². The summed E-state index contributed by atoms with van der Waals surface area (Å²) in [6, 6.07) is 8.64. The second-order valence-corrected chi connectivity index (χ2v) is 4.02. The van der Waals surface area contributed by atoms with Gasteiger partial charge in [0.05, 0.1) is 6.61 Å². The van der Waals surface area contributed by atoms with Crippen LogP contribution in [0.15, 0.2) is 24.3 Å². The molecule has 0 aliphatic heterocycles. The molecule has 2 rings (SSSR count). The lowest BCUT2D eigenvalue weighted by Gasteiger charge is -2.03. The first kappa shape index (κ1) is 9.69. The van der Waals surface area contributed by atoms with E-state index in [9.17, 15) is 0 Å². The fourth-order valence-corrected chi connectivity index (χ4v) is 2.00. The van der Waals surface area contributed by atoms with Crippen LogP contribution in [-0.2, 0) is 11.3 Å². The summed E-state index contributed by atoms with van der Waals surface area (Å²) in [5, 5.41) is 0. The number of rotatable bonds is 4. The van der Waals surface area contributed by atoms with Crippen LogP contribution in [0.5, 0.6) is 0 Å². The quantitative estimate of drug-likeness (QED) is 0.788. The first-order valence-corrected chi connectivity index (χ1v) is 5.13. The lowest BCUT2D eigenvalue weighted by atomic mass is 10.1. The highest BCUT2D eigenvalue weighted by Crippen LogP contribution is 2.46. The van der Waals surface area contributed by atoms with Crippen LogP contribution in [0.3, 0.4) is 0 Å². The van der Waals surface area contributed by atoms with Crippen molar-refractivity contribution in [2.24, 2.45) is 11.7 Å². The zero-order chi connectivity index (χ0) is 9.97. The van der Waals surface area contributed by atoms with E-state index in [1.54, 1.807) is 7.11 Å². The average Bonchev–Trinajstić information content (AvgIpc) is 2.98. The molecular weight excluding hydrogens is 174 g/mol. The summed E-state index contributed by atoms with van der Waals surface area (Å²) in [6.07, 6.45) is 1.26. The highest BCUT2D eigenvalue weighted by Gasteiger charge is 2.36. The molecule has 1 aliphatic rings. The third-order valence-corrected chi connectivity index (χ3v) is 2.92. The molecular formula is C12H17NO. The monoisotopic (exact) mass is 191 g/mol.